The van der Waals surface area contributed by atoms with Crippen LogP contribution in [0.5, 0.6) is 0 Å². The van der Waals surface area contributed by atoms with E-state index in [0.29, 0.717) is 0 Å². The van der Waals surface area contributed by atoms with E-state index in [2.05, 4.69) is 0 Å². The van der Waals surface area contributed by atoms with Crippen LogP contribution in [0.15, 0.2) is 0 Å². The van der Waals surface area contributed by atoms with Gasteiger partial charge in [-0.15, -0.1) is 37.2 Å². The molecule has 0 bridgehead atoms. The van der Waals surface area contributed by atoms with Gasteiger partial charge in [-0.05, 0) is 0 Å². The van der Waals surface area contributed by atoms with E-state index in [1.807, 2.05) is 0 Å². The van der Waals surface area contributed by atoms with Gasteiger partial charge in [0.25, 0.3) is 0 Å². The van der Waals surface area contributed by atoms with Crippen LogP contribution in [0.4, 0.5) is 0 Å². The molecule has 5 heteroatoms. The molecule has 8 heavy (non-hydrogen) atoms. The zero-order valence-corrected chi connectivity index (χ0v) is 12.1. The standard InChI is InChI=1S/C3H9Si.3ClH.Sn/c1-2-3-4;;;;/h1-3H2,4H3;3*1H;. The normalized spacial score (nSPS) is 5.62. The molecule has 53 valence electrons. The number of hydrogen-bond acceptors (Lipinski definition) is 0. The quantitative estimate of drug-likeness (QED) is 0.668. The SMILES string of the molecule is Cl.Cl.Cl.[SiH3]CC[CH2][Sn]. The molecule has 0 rings (SSSR count). The van der Waals surface area contributed by atoms with Gasteiger partial charge in [0.15, 0.2) is 0 Å². The van der Waals surface area contributed by atoms with Crippen molar-refractivity contribution in [3.63, 3.8) is 0 Å². The molecule has 0 unspecified atom stereocenters. The van der Waals surface area contributed by atoms with Gasteiger partial charge in [-0.1, -0.05) is 0 Å². The van der Waals surface area contributed by atoms with Crippen molar-refractivity contribution in [2.75, 3.05) is 0 Å². The summed E-state index contributed by atoms with van der Waals surface area (Å²) in [5, 5.41) is 0. The van der Waals surface area contributed by atoms with Crippen LogP contribution in [0.2, 0.25) is 10.5 Å². The molecule has 0 nitrogen and oxygen atoms in total. The van der Waals surface area contributed by atoms with Gasteiger partial charge in [-0.2, -0.15) is 0 Å². The first-order valence-corrected chi connectivity index (χ1v) is 5.49. The van der Waals surface area contributed by atoms with Gasteiger partial charge in [0.05, 0.1) is 0 Å². The summed E-state index contributed by atoms with van der Waals surface area (Å²) in [5.74, 6) is 0. The van der Waals surface area contributed by atoms with Crippen LogP contribution in [0.25, 0.3) is 0 Å². The molecule has 0 atom stereocenters. The molecule has 0 amide bonds. The van der Waals surface area contributed by atoms with Crippen LogP contribution >= 0.6 is 37.2 Å². The third-order valence-electron chi connectivity index (χ3n) is 0.530. The Morgan fingerprint density at radius 2 is 1.50 bits per heavy atom. The average Bonchev–Trinajstić information content (AvgIpc) is 1.41. The predicted octanol–water partition coefficient (Wildman–Crippen LogP) is 1.01. The van der Waals surface area contributed by atoms with E-state index in [-0.39, 0.29) is 37.2 Å². The molecule has 0 aliphatic heterocycles. The van der Waals surface area contributed by atoms with Crippen LogP contribution in [0.1, 0.15) is 6.42 Å². The summed E-state index contributed by atoms with van der Waals surface area (Å²) < 4.78 is 1.47. The van der Waals surface area contributed by atoms with E-state index in [9.17, 15) is 0 Å². The molecule has 0 aromatic heterocycles. The molecule has 0 aromatic carbocycles. The van der Waals surface area contributed by atoms with Crippen LogP contribution in [-0.2, 0) is 0 Å². The molecule has 0 N–H and O–H groups in total. The Morgan fingerprint density at radius 3 is 1.50 bits per heavy atom. The average molecular weight is 301 g/mol. The van der Waals surface area contributed by atoms with Crippen molar-refractivity contribution in [2.24, 2.45) is 0 Å². The molecule has 0 aromatic rings. The molecule has 0 aliphatic rings. The first kappa shape index (κ1) is 22.5. The van der Waals surface area contributed by atoms with Crippen LogP contribution in [0.3, 0.4) is 0 Å². The molecule has 0 spiro atoms. The van der Waals surface area contributed by atoms with Gasteiger partial charge in [0, 0.05) is 0 Å². The van der Waals surface area contributed by atoms with Crippen LogP contribution < -0.4 is 0 Å². The van der Waals surface area contributed by atoms with Gasteiger partial charge in [-0.25, -0.2) is 0 Å². The Morgan fingerprint density at radius 1 is 1.12 bits per heavy atom. The molecule has 0 fully saturated rings. The Balaban J connectivity index is -0.0000000267. The Hall–Kier alpha value is 1.89. The summed E-state index contributed by atoms with van der Waals surface area (Å²) in [6.07, 6.45) is 1.49. The maximum atomic E-state index is 1.71. The van der Waals surface area contributed by atoms with Crippen molar-refractivity contribution in [3.05, 3.63) is 0 Å². The minimum absolute atomic E-state index is 0. The predicted molar refractivity (Wildman–Crippen MR) is 51.7 cm³/mol. The molecular formula is C3H12Cl3SiSn. The summed E-state index contributed by atoms with van der Waals surface area (Å²) in [5.41, 5.74) is 0. The molecule has 0 saturated heterocycles. The third kappa shape index (κ3) is 24.8. The van der Waals surface area contributed by atoms with E-state index >= 15 is 0 Å². The summed E-state index contributed by atoms with van der Waals surface area (Å²) in [7, 11) is 1.41. The fraction of sp³-hybridized carbons (Fsp3) is 1.00. The van der Waals surface area contributed by atoms with E-state index in [1.165, 1.54) is 27.1 Å². The van der Waals surface area contributed by atoms with E-state index < -0.39 is 0 Å². The first-order chi connectivity index (χ1) is 2.41. The summed E-state index contributed by atoms with van der Waals surface area (Å²) in [6, 6.07) is 1.51. The fourth-order valence-electron chi connectivity index (χ4n) is 0.177. The van der Waals surface area contributed by atoms with Crippen molar-refractivity contribution in [1.82, 2.24) is 0 Å². The number of rotatable bonds is 2. The van der Waals surface area contributed by atoms with Crippen molar-refractivity contribution in [3.8, 4) is 0 Å². The van der Waals surface area contributed by atoms with Gasteiger partial charge >= 0.3 is 49.7 Å². The third-order valence-corrected chi connectivity index (χ3v) is 2.25. The van der Waals surface area contributed by atoms with Crippen molar-refractivity contribution < 1.29 is 0 Å². The van der Waals surface area contributed by atoms with Crippen LogP contribution in [-0.4, -0.2) is 32.8 Å². The zero-order valence-electron chi connectivity index (χ0n) is 4.85. The van der Waals surface area contributed by atoms with Gasteiger partial charge < -0.3 is 0 Å². The van der Waals surface area contributed by atoms with Crippen molar-refractivity contribution >= 4 is 70.0 Å². The fourth-order valence-corrected chi connectivity index (χ4v) is 3.56. The first-order valence-electron chi connectivity index (χ1n) is 2.06. The van der Waals surface area contributed by atoms with E-state index in [1.54, 1.807) is 22.5 Å². The van der Waals surface area contributed by atoms with E-state index in [4.69, 9.17) is 0 Å². The molecule has 3 radical (unpaired) electrons. The summed E-state index contributed by atoms with van der Waals surface area (Å²) in [4.78, 5) is 0. The van der Waals surface area contributed by atoms with Gasteiger partial charge in [0.1, 0.15) is 0 Å². The van der Waals surface area contributed by atoms with Crippen molar-refractivity contribution in [2.45, 2.75) is 16.9 Å². The topological polar surface area (TPSA) is 0 Å². The molecule has 0 heterocycles. The summed E-state index contributed by atoms with van der Waals surface area (Å²) in [6.45, 7) is 0. The van der Waals surface area contributed by atoms with Gasteiger partial charge in [0.2, 0.25) is 0 Å². The molecule has 0 aliphatic carbocycles. The minimum atomic E-state index is 0. The van der Waals surface area contributed by atoms with Gasteiger partial charge in [-0.3, -0.25) is 0 Å². The monoisotopic (exact) mass is 301 g/mol. The van der Waals surface area contributed by atoms with Crippen LogP contribution in [0, 0.1) is 0 Å². The zero-order chi connectivity index (χ0) is 4.12. The second-order valence-corrected chi connectivity index (χ2v) is 3.53. The maximum absolute atomic E-state index is 1.71. The molecular weight excluding hydrogens is 289 g/mol. The number of hydrogen-bond donors (Lipinski definition) is 0. The number of halogens is 3. The second-order valence-electron chi connectivity index (χ2n) is 1.10. The van der Waals surface area contributed by atoms with Crippen molar-refractivity contribution in [1.29, 1.82) is 0 Å². The Bertz CT molecular complexity index is 22.0. The Labute approximate surface area is 86.3 Å². The molecule has 0 saturated carbocycles. The van der Waals surface area contributed by atoms with E-state index in [0.717, 1.165) is 0 Å². The summed E-state index contributed by atoms with van der Waals surface area (Å²) >= 11 is 1.71. The Kier molecular flexibility index (Phi) is 65.2. The second kappa shape index (κ2) is 23.1.